The summed E-state index contributed by atoms with van der Waals surface area (Å²) in [6, 6.07) is 18.9. The zero-order valence-electron chi connectivity index (χ0n) is 19.6. The van der Waals surface area contributed by atoms with Gasteiger partial charge >= 0.3 is 12.1 Å². The van der Waals surface area contributed by atoms with E-state index in [0.29, 0.717) is 18.6 Å². The maximum absolute atomic E-state index is 13.0. The van der Waals surface area contributed by atoms with Gasteiger partial charge < -0.3 is 19.6 Å². The summed E-state index contributed by atoms with van der Waals surface area (Å²) in [5.74, 6) is -1.16. The smallest absolute Gasteiger partial charge is 0.408 e. The summed E-state index contributed by atoms with van der Waals surface area (Å²) in [4.78, 5) is 31.4. The van der Waals surface area contributed by atoms with E-state index in [1.807, 2.05) is 60.7 Å². The molecule has 0 spiro atoms. The summed E-state index contributed by atoms with van der Waals surface area (Å²) in [5.41, 5.74) is 1.91. The molecule has 2 aromatic carbocycles. The van der Waals surface area contributed by atoms with E-state index in [-0.39, 0.29) is 6.61 Å². The third kappa shape index (κ3) is 7.07. The van der Waals surface area contributed by atoms with Gasteiger partial charge in [0.15, 0.2) is 6.10 Å². The highest BCUT2D eigenvalue weighted by atomic mass is 16.6. The predicted octanol–water partition coefficient (Wildman–Crippen LogP) is 4.30. The standard InChI is InChI=1S/C26H32N2O5/c1-5-31-24(29)22-20(16-18-12-8-6-9-13-18)28-33-23(22)21(17-19-14-10-7-11-15-19)27-25(30)32-26(2,3)4/h6-15,21-23H,5,16-17H2,1-4H3,(H,27,30)/t21-,22-,23+/m0/s1. The molecular weight excluding hydrogens is 420 g/mol. The number of esters is 1. The second kappa shape index (κ2) is 11.0. The molecule has 0 bridgehead atoms. The van der Waals surface area contributed by atoms with Gasteiger partial charge in [0.2, 0.25) is 0 Å². The van der Waals surface area contributed by atoms with E-state index in [9.17, 15) is 9.59 Å². The minimum Gasteiger partial charge on any atom is -0.465 e. The fourth-order valence-corrected chi connectivity index (χ4v) is 3.77. The van der Waals surface area contributed by atoms with Crippen LogP contribution in [0.3, 0.4) is 0 Å². The van der Waals surface area contributed by atoms with E-state index in [0.717, 1.165) is 11.1 Å². The summed E-state index contributed by atoms with van der Waals surface area (Å²) < 4.78 is 10.8. The van der Waals surface area contributed by atoms with E-state index in [1.54, 1.807) is 27.7 Å². The van der Waals surface area contributed by atoms with Crippen molar-refractivity contribution in [3.63, 3.8) is 0 Å². The summed E-state index contributed by atoms with van der Waals surface area (Å²) in [6.45, 7) is 7.40. The van der Waals surface area contributed by atoms with E-state index >= 15 is 0 Å². The van der Waals surface area contributed by atoms with Crippen molar-refractivity contribution >= 4 is 17.8 Å². The summed E-state index contributed by atoms with van der Waals surface area (Å²) >= 11 is 0. The second-order valence-corrected chi connectivity index (χ2v) is 8.99. The van der Waals surface area contributed by atoms with Crippen LogP contribution in [-0.4, -0.2) is 42.1 Å². The molecule has 1 aliphatic rings. The van der Waals surface area contributed by atoms with Crippen molar-refractivity contribution in [3.8, 4) is 0 Å². The number of alkyl carbamates (subject to hydrolysis) is 1. The molecule has 176 valence electrons. The number of carbonyl (C=O) groups is 2. The van der Waals surface area contributed by atoms with Crippen LogP contribution >= 0.6 is 0 Å². The molecule has 0 fully saturated rings. The first-order chi connectivity index (χ1) is 15.8. The molecule has 3 rings (SSSR count). The third-order valence-electron chi connectivity index (χ3n) is 5.14. The molecule has 1 heterocycles. The first-order valence-corrected chi connectivity index (χ1v) is 11.2. The Hall–Kier alpha value is -3.35. The summed E-state index contributed by atoms with van der Waals surface area (Å²) in [5, 5.41) is 7.17. The molecule has 0 saturated carbocycles. The number of nitrogens with zero attached hydrogens (tertiary/aromatic N) is 1. The molecule has 0 radical (unpaired) electrons. The van der Waals surface area contributed by atoms with Crippen molar-refractivity contribution in [1.29, 1.82) is 0 Å². The van der Waals surface area contributed by atoms with Crippen LogP contribution in [0.25, 0.3) is 0 Å². The van der Waals surface area contributed by atoms with Gasteiger partial charge in [0, 0.05) is 6.42 Å². The van der Waals surface area contributed by atoms with Crippen molar-refractivity contribution in [2.45, 2.75) is 58.3 Å². The maximum Gasteiger partial charge on any atom is 0.408 e. The number of hydrogen-bond acceptors (Lipinski definition) is 6. The number of nitrogens with one attached hydrogen (secondary N) is 1. The Morgan fingerprint density at radius 3 is 2.21 bits per heavy atom. The van der Waals surface area contributed by atoms with Crippen LogP contribution in [0.5, 0.6) is 0 Å². The monoisotopic (exact) mass is 452 g/mol. The predicted molar refractivity (Wildman–Crippen MR) is 126 cm³/mol. The van der Waals surface area contributed by atoms with Gasteiger partial charge in [-0.3, -0.25) is 4.79 Å². The molecule has 0 aliphatic carbocycles. The highest BCUT2D eigenvalue weighted by Gasteiger charge is 2.46. The average molecular weight is 453 g/mol. The minimum atomic E-state index is -0.742. The molecule has 0 saturated heterocycles. The van der Waals surface area contributed by atoms with Crippen LogP contribution in [0.15, 0.2) is 65.8 Å². The van der Waals surface area contributed by atoms with Crippen LogP contribution in [0.4, 0.5) is 4.79 Å². The first kappa shape index (κ1) is 24.3. The Morgan fingerprint density at radius 2 is 1.64 bits per heavy atom. The van der Waals surface area contributed by atoms with Crippen molar-refractivity contribution < 1.29 is 23.9 Å². The van der Waals surface area contributed by atoms with E-state index in [4.69, 9.17) is 14.3 Å². The highest BCUT2D eigenvalue weighted by Crippen LogP contribution is 2.27. The number of rotatable bonds is 8. The molecule has 33 heavy (non-hydrogen) atoms. The van der Waals surface area contributed by atoms with Gasteiger partial charge in [-0.1, -0.05) is 65.8 Å². The molecule has 7 heteroatoms. The molecule has 3 atom stereocenters. The number of benzene rings is 2. The van der Waals surface area contributed by atoms with Crippen LogP contribution < -0.4 is 5.32 Å². The number of carbonyl (C=O) groups excluding carboxylic acids is 2. The van der Waals surface area contributed by atoms with Crippen molar-refractivity contribution in [1.82, 2.24) is 5.32 Å². The summed E-state index contributed by atoms with van der Waals surface area (Å²) in [6.07, 6.45) is -0.415. The van der Waals surface area contributed by atoms with Gasteiger partial charge in [0.05, 0.1) is 18.4 Å². The molecule has 0 aromatic heterocycles. The van der Waals surface area contributed by atoms with E-state index in [2.05, 4.69) is 10.5 Å². The fourth-order valence-electron chi connectivity index (χ4n) is 3.77. The van der Waals surface area contributed by atoms with Gasteiger partial charge in [0.25, 0.3) is 0 Å². The average Bonchev–Trinajstić information content (AvgIpc) is 3.17. The number of oxime groups is 1. The van der Waals surface area contributed by atoms with Crippen LogP contribution in [0, 0.1) is 5.92 Å². The van der Waals surface area contributed by atoms with Gasteiger partial charge in [-0.2, -0.15) is 0 Å². The molecule has 1 aliphatic heterocycles. The Morgan fingerprint density at radius 1 is 1.03 bits per heavy atom. The lowest BCUT2D eigenvalue weighted by Crippen LogP contribution is -2.51. The molecule has 1 amide bonds. The first-order valence-electron chi connectivity index (χ1n) is 11.2. The quantitative estimate of drug-likeness (QED) is 0.604. The minimum absolute atomic E-state index is 0.240. The molecule has 0 unspecified atom stereocenters. The zero-order valence-corrected chi connectivity index (χ0v) is 19.6. The SMILES string of the molecule is CCOC(=O)[C@H]1C(Cc2ccccc2)=NO[C@@H]1[C@H](Cc1ccccc1)NC(=O)OC(C)(C)C. The molecule has 7 nitrogen and oxygen atoms in total. The molecule has 2 aromatic rings. The van der Waals surface area contributed by atoms with Crippen LogP contribution in [-0.2, 0) is 31.9 Å². The molecule has 1 N–H and O–H groups in total. The Balaban J connectivity index is 1.87. The highest BCUT2D eigenvalue weighted by molar-refractivity contribution is 6.04. The van der Waals surface area contributed by atoms with Gasteiger partial charge in [-0.25, -0.2) is 4.79 Å². The van der Waals surface area contributed by atoms with E-state index in [1.165, 1.54) is 0 Å². The molecular formula is C26H32N2O5. The lowest BCUT2D eigenvalue weighted by molar-refractivity contribution is -0.149. The fraction of sp³-hybridized carbons (Fsp3) is 0.423. The van der Waals surface area contributed by atoms with Crippen molar-refractivity contribution in [3.05, 3.63) is 71.8 Å². The lowest BCUT2D eigenvalue weighted by Gasteiger charge is -2.28. The zero-order chi connectivity index (χ0) is 23.8. The number of hydrogen-bond donors (Lipinski definition) is 1. The Labute approximate surface area is 195 Å². The topological polar surface area (TPSA) is 86.2 Å². The number of ether oxygens (including phenoxy) is 2. The van der Waals surface area contributed by atoms with Crippen molar-refractivity contribution in [2.24, 2.45) is 11.1 Å². The van der Waals surface area contributed by atoms with Crippen LogP contribution in [0.1, 0.15) is 38.8 Å². The third-order valence-corrected chi connectivity index (χ3v) is 5.14. The van der Waals surface area contributed by atoms with Crippen molar-refractivity contribution in [2.75, 3.05) is 6.61 Å². The Kier molecular flexibility index (Phi) is 8.09. The van der Waals surface area contributed by atoms with Gasteiger partial charge in [0.1, 0.15) is 11.5 Å². The summed E-state index contributed by atoms with van der Waals surface area (Å²) in [7, 11) is 0. The maximum atomic E-state index is 13.0. The lowest BCUT2D eigenvalue weighted by atomic mass is 9.87. The van der Waals surface area contributed by atoms with Gasteiger partial charge in [-0.05, 0) is 45.2 Å². The normalized spacial score (nSPS) is 18.6. The number of amides is 1. The largest absolute Gasteiger partial charge is 0.465 e. The van der Waals surface area contributed by atoms with Gasteiger partial charge in [-0.15, -0.1) is 0 Å². The Bertz CT molecular complexity index is 954. The van der Waals surface area contributed by atoms with Crippen LogP contribution in [0.2, 0.25) is 0 Å². The van der Waals surface area contributed by atoms with E-state index < -0.39 is 35.7 Å². The second-order valence-electron chi connectivity index (χ2n) is 8.99.